The quantitative estimate of drug-likeness (QED) is 0.887. The molecule has 0 spiro atoms. The van der Waals surface area contributed by atoms with Crippen LogP contribution in [0.25, 0.3) is 0 Å². The molecule has 1 fully saturated rings. The van der Waals surface area contributed by atoms with Crippen molar-refractivity contribution in [3.8, 4) is 0 Å². The molecule has 146 valence electrons. The molecule has 2 aliphatic heterocycles. The lowest BCUT2D eigenvalue weighted by Crippen LogP contribution is -2.48. The van der Waals surface area contributed by atoms with Crippen molar-refractivity contribution in [2.24, 2.45) is 0 Å². The Hall–Kier alpha value is -2.89. The first-order chi connectivity index (χ1) is 13.6. The molecule has 28 heavy (non-hydrogen) atoms. The first kappa shape index (κ1) is 18.5. The Morgan fingerprint density at radius 2 is 1.68 bits per heavy atom. The summed E-state index contributed by atoms with van der Waals surface area (Å²) in [6, 6.07) is 10.5. The highest BCUT2D eigenvalue weighted by atomic mass is 16.4. The van der Waals surface area contributed by atoms with E-state index in [0.29, 0.717) is 18.5 Å². The van der Waals surface area contributed by atoms with Crippen molar-refractivity contribution in [3.05, 3.63) is 59.3 Å². The summed E-state index contributed by atoms with van der Waals surface area (Å²) in [7, 11) is 0. The number of hydrogen-bond acceptors (Lipinski definition) is 4. The molecule has 0 aliphatic carbocycles. The maximum atomic E-state index is 13.1. The van der Waals surface area contributed by atoms with E-state index in [1.165, 1.54) is 17.7 Å². The number of rotatable bonds is 3. The van der Waals surface area contributed by atoms with Crippen LogP contribution in [0.2, 0.25) is 0 Å². The Kier molecular flexibility index (Phi) is 5.28. The van der Waals surface area contributed by atoms with Gasteiger partial charge in [-0.05, 0) is 36.1 Å². The number of amides is 1. The average Bonchev–Trinajstić information content (AvgIpc) is 3.02. The van der Waals surface area contributed by atoms with Gasteiger partial charge in [0.1, 0.15) is 11.9 Å². The van der Waals surface area contributed by atoms with Gasteiger partial charge >= 0.3 is 5.97 Å². The van der Waals surface area contributed by atoms with E-state index < -0.39 is 12.0 Å². The number of fused-ring (bicyclic) bond motifs is 1. The number of benzene rings is 1. The molecule has 0 bridgehead atoms. The molecule has 1 saturated heterocycles. The number of hydrogen-bond donors (Lipinski definition) is 1. The van der Waals surface area contributed by atoms with E-state index in [-0.39, 0.29) is 5.91 Å². The molecule has 6 nitrogen and oxygen atoms in total. The van der Waals surface area contributed by atoms with E-state index in [9.17, 15) is 14.7 Å². The summed E-state index contributed by atoms with van der Waals surface area (Å²) >= 11 is 0. The Morgan fingerprint density at radius 3 is 2.32 bits per heavy atom. The lowest BCUT2D eigenvalue weighted by molar-refractivity contribution is -0.142. The highest BCUT2D eigenvalue weighted by molar-refractivity contribution is 5.96. The fourth-order valence-corrected chi connectivity index (χ4v) is 4.12. The van der Waals surface area contributed by atoms with Gasteiger partial charge in [-0.1, -0.05) is 37.1 Å². The molecule has 0 saturated carbocycles. The van der Waals surface area contributed by atoms with Crippen LogP contribution in [0.5, 0.6) is 0 Å². The van der Waals surface area contributed by atoms with Gasteiger partial charge in [0.15, 0.2) is 0 Å². The smallest absolute Gasteiger partial charge is 0.326 e. The van der Waals surface area contributed by atoms with Gasteiger partial charge in [0, 0.05) is 32.3 Å². The largest absolute Gasteiger partial charge is 0.480 e. The number of nitrogens with zero attached hydrogens (tertiary/aromatic N) is 3. The van der Waals surface area contributed by atoms with Gasteiger partial charge in [0.05, 0.1) is 5.56 Å². The molecular weight excluding hydrogens is 354 g/mol. The third kappa shape index (κ3) is 3.72. The zero-order chi connectivity index (χ0) is 19.5. The maximum Gasteiger partial charge on any atom is 0.326 e. The molecule has 1 N–H and O–H groups in total. The van der Waals surface area contributed by atoms with E-state index >= 15 is 0 Å². The predicted octanol–water partition coefficient (Wildman–Crippen LogP) is 3.11. The van der Waals surface area contributed by atoms with Crippen LogP contribution in [0.4, 0.5) is 5.82 Å². The topological polar surface area (TPSA) is 73.7 Å². The maximum absolute atomic E-state index is 13.1. The van der Waals surface area contributed by atoms with Crippen molar-refractivity contribution in [2.45, 2.75) is 44.7 Å². The zero-order valence-electron chi connectivity index (χ0n) is 15.9. The van der Waals surface area contributed by atoms with Crippen LogP contribution < -0.4 is 4.90 Å². The molecule has 3 heterocycles. The first-order valence-corrected chi connectivity index (χ1v) is 9.95. The summed E-state index contributed by atoms with van der Waals surface area (Å²) in [5.74, 6) is -0.369. The van der Waals surface area contributed by atoms with E-state index in [1.807, 2.05) is 30.3 Å². The third-order valence-electron chi connectivity index (χ3n) is 5.72. The molecular formula is C22H25N3O3. The number of aromatic nitrogens is 1. The van der Waals surface area contributed by atoms with Gasteiger partial charge in [-0.2, -0.15) is 0 Å². The molecule has 6 heteroatoms. The van der Waals surface area contributed by atoms with Gasteiger partial charge in [-0.3, -0.25) is 4.79 Å². The fraction of sp³-hybridized carbons (Fsp3) is 0.409. The lowest BCUT2D eigenvalue weighted by Gasteiger charge is -2.34. The molecule has 1 aromatic carbocycles. The van der Waals surface area contributed by atoms with Crippen molar-refractivity contribution >= 4 is 17.7 Å². The summed E-state index contributed by atoms with van der Waals surface area (Å²) in [5, 5.41) is 9.65. The van der Waals surface area contributed by atoms with E-state index in [2.05, 4.69) is 9.88 Å². The summed E-state index contributed by atoms with van der Waals surface area (Å²) < 4.78 is 0. The second kappa shape index (κ2) is 8.00. The van der Waals surface area contributed by atoms with Gasteiger partial charge in [0.2, 0.25) is 0 Å². The number of carboxylic acid groups (broad SMARTS) is 1. The summed E-state index contributed by atoms with van der Waals surface area (Å²) in [6.45, 7) is 2.29. The summed E-state index contributed by atoms with van der Waals surface area (Å²) in [5.41, 5.74) is 2.43. The van der Waals surface area contributed by atoms with Crippen LogP contribution in [-0.4, -0.2) is 46.0 Å². The molecule has 1 atom stereocenters. The number of carbonyl (C=O) groups is 2. The van der Waals surface area contributed by atoms with Crippen LogP contribution in [0, 0.1) is 0 Å². The Morgan fingerprint density at radius 1 is 0.964 bits per heavy atom. The summed E-state index contributed by atoms with van der Waals surface area (Å²) in [6.07, 6.45) is 6.74. The minimum Gasteiger partial charge on any atom is -0.480 e. The average molecular weight is 379 g/mol. The van der Waals surface area contributed by atoms with Crippen LogP contribution in [-0.2, 0) is 17.8 Å². The Labute approximate surface area is 164 Å². The van der Waals surface area contributed by atoms with E-state index in [1.54, 1.807) is 12.3 Å². The van der Waals surface area contributed by atoms with Crippen molar-refractivity contribution in [2.75, 3.05) is 18.0 Å². The Balaban J connectivity index is 1.55. The number of carbonyl (C=O) groups excluding carboxylic acids is 1. The van der Waals surface area contributed by atoms with Crippen LogP contribution in [0.1, 0.15) is 47.2 Å². The molecule has 2 aliphatic rings. The van der Waals surface area contributed by atoms with Crippen molar-refractivity contribution in [1.82, 2.24) is 9.88 Å². The monoisotopic (exact) mass is 379 g/mol. The predicted molar refractivity (Wildman–Crippen MR) is 106 cm³/mol. The van der Waals surface area contributed by atoms with E-state index in [4.69, 9.17) is 0 Å². The zero-order valence-corrected chi connectivity index (χ0v) is 15.9. The molecule has 1 amide bonds. The summed E-state index contributed by atoms with van der Waals surface area (Å²) in [4.78, 5) is 33.1. The van der Waals surface area contributed by atoms with Gasteiger partial charge < -0.3 is 14.9 Å². The van der Waals surface area contributed by atoms with Gasteiger partial charge in [-0.25, -0.2) is 9.78 Å². The van der Waals surface area contributed by atoms with Crippen molar-refractivity contribution in [1.29, 1.82) is 0 Å². The number of anilines is 1. The molecule has 1 aromatic heterocycles. The van der Waals surface area contributed by atoms with Gasteiger partial charge in [-0.15, -0.1) is 0 Å². The van der Waals surface area contributed by atoms with Crippen LogP contribution in [0.3, 0.4) is 0 Å². The normalized spacial score (nSPS) is 19.6. The van der Waals surface area contributed by atoms with Crippen LogP contribution in [0.15, 0.2) is 42.6 Å². The Bertz CT molecular complexity index is 858. The van der Waals surface area contributed by atoms with Crippen molar-refractivity contribution < 1.29 is 14.7 Å². The number of aliphatic carboxylic acids is 1. The fourth-order valence-electron chi connectivity index (χ4n) is 4.12. The molecule has 0 radical (unpaired) electrons. The second-order valence-corrected chi connectivity index (χ2v) is 7.57. The highest BCUT2D eigenvalue weighted by Gasteiger charge is 2.35. The first-order valence-electron chi connectivity index (χ1n) is 9.95. The molecule has 1 unspecified atom stereocenters. The van der Waals surface area contributed by atoms with Crippen molar-refractivity contribution in [3.63, 3.8) is 0 Å². The highest BCUT2D eigenvalue weighted by Crippen LogP contribution is 2.26. The lowest BCUT2D eigenvalue weighted by atomic mass is 9.93. The number of pyridine rings is 1. The second-order valence-electron chi connectivity index (χ2n) is 7.57. The molecule has 4 rings (SSSR count). The minimum absolute atomic E-state index is 0.281. The number of carboxylic acids is 1. The van der Waals surface area contributed by atoms with Crippen LogP contribution >= 0.6 is 0 Å². The third-order valence-corrected chi connectivity index (χ3v) is 5.72. The molecule has 2 aromatic rings. The minimum atomic E-state index is -0.975. The van der Waals surface area contributed by atoms with E-state index in [0.717, 1.165) is 42.9 Å². The SMILES string of the molecule is O=C(O)C1Cc2ccccc2CN1C(=O)c1ccc(N2CCCCCC2)nc1. The van der Waals surface area contributed by atoms with Gasteiger partial charge in [0.25, 0.3) is 5.91 Å². The standard InChI is InChI=1S/C22H25N3O3/c26-21(17-9-10-20(23-14-17)24-11-5-1-2-6-12-24)25-15-18-8-4-3-7-16(18)13-19(25)22(27)28/h3-4,7-10,14,19H,1-2,5-6,11-13,15H2,(H,27,28).